The molecular weight excluding hydrogens is 272 g/mol. The van der Waals surface area contributed by atoms with Crippen LogP contribution in [-0.2, 0) is 18.3 Å². The van der Waals surface area contributed by atoms with Crippen LogP contribution in [0.2, 0.25) is 0 Å². The minimum atomic E-state index is -1.20. The van der Waals surface area contributed by atoms with Gasteiger partial charge in [0.05, 0.1) is 12.2 Å². The van der Waals surface area contributed by atoms with Gasteiger partial charge in [-0.2, -0.15) is 5.10 Å². The fourth-order valence-electron chi connectivity index (χ4n) is 1.99. The number of rotatable bonds is 5. The van der Waals surface area contributed by atoms with Crippen molar-refractivity contribution in [3.8, 4) is 5.75 Å². The quantitative estimate of drug-likeness (QED) is 0.735. The van der Waals surface area contributed by atoms with E-state index in [1.54, 1.807) is 38.4 Å². The van der Waals surface area contributed by atoms with Crippen LogP contribution in [0.1, 0.15) is 24.4 Å². The third-order valence-corrected chi connectivity index (χ3v) is 3.04. The van der Waals surface area contributed by atoms with Crippen molar-refractivity contribution in [3.63, 3.8) is 0 Å². The van der Waals surface area contributed by atoms with E-state index in [0.29, 0.717) is 11.4 Å². The van der Waals surface area contributed by atoms with E-state index in [1.165, 1.54) is 10.9 Å². The van der Waals surface area contributed by atoms with Crippen molar-refractivity contribution in [3.05, 3.63) is 42.0 Å². The first-order chi connectivity index (χ1) is 9.97. The number of nitrogens with zero attached hydrogens (tertiary/aromatic N) is 3. The Morgan fingerprint density at radius 2 is 2.24 bits per heavy atom. The van der Waals surface area contributed by atoms with Gasteiger partial charge in [0.25, 0.3) is 0 Å². The van der Waals surface area contributed by atoms with Gasteiger partial charge in [-0.15, -0.1) is 0 Å². The van der Waals surface area contributed by atoms with Gasteiger partial charge in [0.15, 0.2) is 5.75 Å². The van der Waals surface area contributed by atoms with Crippen molar-refractivity contribution in [1.29, 1.82) is 0 Å². The van der Waals surface area contributed by atoms with Crippen LogP contribution in [0, 0.1) is 0 Å². The standard InChI is InChI=1S/C14H18N4O3/c1-9(13-12(20)8-18(2)17-13)16-14(21)11(19)7-10-5-3-4-6-15-10/h3-6,8-9,11,19-20H,7H2,1-2H3,(H,16,21). The molecule has 2 aromatic heterocycles. The van der Waals surface area contributed by atoms with E-state index in [9.17, 15) is 15.0 Å². The predicted molar refractivity (Wildman–Crippen MR) is 75.4 cm³/mol. The van der Waals surface area contributed by atoms with Crippen molar-refractivity contribution in [1.82, 2.24) is 20.1 Å². The molecule has 0 radical (unpaired) electrons. The van der Waals surface area contributed by atoms with Gasteiger partial charge in [-0.1, -0.05) is 6.07 Å². The van der Waals surface area contributed by atoms with Crippen LogP contribution in [0.25, 0.3) is 0 Å². The number of hydrogen-bond donors (Lipinski definition) is 3. The van der Waals surface area contributed by atoms with E-state index in [0.717, 1.165) is 0 Å². The summed E-state index contributed by atoms with van der Waals surface area (Å²) in [5.41, 5.74) is 0.990. The van der Waals surface area contributed by atoms with Crippen LogP contribution in [0.15, 0.2) is 30.6 Å². The zero-order valence-corrected chi connectivity index (χ0v) is 11.9. The number of aliphatic hydroxyl groups excluding tert-OH is 1. The van der Waals surface area contributed by atoms with Crippen LogP contribution in [0.4, 0.5) is 0 Å². The molecule has 0 spiro atoms. The molecule has 2 atom stereocenters. The summed E-state index contributed by atoms with van der Waals surface area (Å²) in [6, 6.07) is 4.80. The summed E-state index contributed by atoms with van der Waals surface area (Å²) >= 11 is 0. The fraction of sp³-hybridized carbons (Fsp3) is 0.357. The summed E-state index contributed by atoms with van der Waals surface area (Å²) in [7, 11) is 1.67. The summed E-state index contributed by atoms with van der Waals surface area (Å²) in [5, 5.41) is 26.3. The molecule has 0 aliphatic heterocycles. The lowest BCUT2D eigenvalue weighted by atomic mass is 10.1. The molecule has 2 rings (SSSR count). The number of pyridine rings is 1. The van der Waals surface area contributed by atoms with Gasteiger partial charge < -0.3 is 15.5 Å². The first kappa shape index (κ1) is 15.0. The van der Waals surface area contributed by atoms with Crippen molar-refractivity contribution in [2.75, 3.05) is 0 Å². The highest BCUT2D eigenvalue weighted by molar-refractivity contribution is 5.81. The van der Waals surface area contributed by atoms with Crippen molar-refractivity contribution < 1.29 is 15.0 Å². The number of aromatic hydroxyl groups is 1. The summed E-state index contributed by atoms with van der Waals surface area (Å²) in [6.07, 6.45) is 1.98. The second kappa shape index (κ2) is 6.36. The average Bonchev–Trinajstić information content (AvgIpc) is 2.78. The molecule has 1 amide bonds. The minimum Gasteiger partial charge on any atom is -0.504 e. The normalized spacial score (nSPS) is 13.7. The molecule has 0 bridgehead atoms. The van der Waals surface area contributed by atoms with E-state index >= 15 is 0 Å². The van der Waals surface area contributed by atoms with Crippen LogP contribution in [-0.4, -0.2) is 37.0 Å². The highest BCUT2D eigenvalue weighted by Crippen LogP contribution is 2.21. The van der Waals surface area contributed by atoms with Gasteiger partial charge in [0, 0.05) is 25.4 Å². The lowest BCUT2D eigenvalue weighted by molar-refractivity contribution is -0.130. The number of carbonyl (C=O) groups is 1. The number of carbonyl (C=O) groups excluding carboxylic acids is 1. The first-order valence-corrected chi connectivity index (χ1v) is 6.58. The van der Waals surface area contributed by atoms with E-state index in [1.807, 2.05) is 0 Å². The molecule has 0 aliphatic rings. The second-order valence-corrected chi connectivity index (χ2v) is 4.84. The van der Waals surface area contributed by atoms with E-state index in [-0.39, 0.29) is 12.2 Å². The highest BCUT2D eigenvalue weighted by atomic mass is 16.3. The van der Waals surface area contributed by atoms with Crippen molar-refractivity contribution in [2.24, 2.45) is 7.05 Å². The minimum absolute atomic E-state index is 0.00418. The van der Waals surface area contributed by atoms with Crippen molar-refractivity contribution in [2.45, 2.75) is 25.5 Å². The molecule has 0 aromatic carbocycles. The van der Waals surface area contributed by atoms with E-state index in [2.05, 4.69) is 15.4 Å². The largest absolute Gasteiger partial charge is 0.504 e. The third-order valence-electron chi connectivity index (χ3n) is 3.04. The molecule has 2 heterocycles. The second-order valence-electron chi connectivity index (χ2n) is 4.84. The molecule has 2 unspecified atom stereocenters. The molecule has 0 aliphatic carbocycles. The molecule has 7 nitrogen and oxygen atoms in total. The Bertz CT molecular complexity index is 612. The number of hydrogen-bond acceptors (Lipinski definition) is 5. The van der Waals surface area contributed by atoms with E-state index in [4.69, 9.17) is 0 Å². The maximum Gasteiger partial charge on any atom is 0.249 e. The van der Waals surface area contributed by atoms with Crippen LogP contribution in [0.5, 0.6) is 5.75 Å². The molecule has 2 aromatic rings. The average molecular weight is 290 g/mol. The molecule has 21 heavy (non-hydrogen) atoms. The van der Waals surface area contributed by atoms with Gasteiger partial charge in [-0.25, -0.2) is 0 Å². The maximum absolute atomic E-state index is 11.9. The zero-order valence-electron chi connectivity index (χ0n) is 11.9. The number of aryl methyl sites for hydroxylation is 1. The Hall–Kier alpha value is -2.41. The number of aliphatic hydroxyl groups is 1. The molecule has 112 valence electrons. The maximum atomic E-state index is 11.9. The summed E-state index contributed by atoms with van der Waals surface area (Å²) in [4.78, 5) is 16.0. The van der Waals surface area contributed by atoms with Crippen molar-refractivity contribution >= 4 is 5.91 Å². The van der Waals surface area contributed by atoms with Crippen LogP contribution >= 0.6 is 0 Å². The monoisotopic (exact) mass is 290 g/mol. The summed E-state index contributed by atoms with van der Waals surface area (Å²) in [5.74, 6) is -0.525. The lowest BCUT2D eigenvalue weighted by Gasteiger charge is -2.15. The topological polar surface area (TPSA) is 100 Å². The fourth-order valence-corrected chi connectivity index (χ4v) is 1.99. The lowest BCUT2D eigenvalue weighted by Crippen LogP contribution is -2.37. The molecule has 0 saturated heterocycles. The van der Waals surface area contributed by atoms with Gasteiger partial charge in [-0.05, 0) is 19.1 Å². The Labute approximate surface area is 122 Å². The summed E-state index contributed by atoms with van der Waals surface area (Å²) < 4.78 is 1.46. The molecule has 0 saturated carbocycles. The third kappa shape index (κ3) is 3.79. The first-order valence-electron chi connectivity index (χ1n) is 6.58. The summed E-state index contributed by atoms with van der Waals surface area (Å²) in [6.45, 7) is 1.69. The number of nitrogens with one attached hydrogen (secondary N) is 1. The molecule has 7 heteroatoms. The molecule has 3 N–H and O–H groups in total. The smallest absolute Gasteiger partial charge is 0.249 e. The Kier molecular flexibility index (Phi) is 4.54. The Morgan fingerprint density at radius 1 is 1.48 bits per heavy atom. The molecular formula is C14H18N4O3. The number of aromatic nitrogens is 3. The van der Waals surface area contributed by atoms with Gasteiger partial charge >= 0.3 is 0 Å². The Morgan fingerprint density at radius 3 is 2.81 bits per heavy atom. The molecule has 0 fully saturated rings. The highest BCUT2D eigenvalue weighted by Gasteiger charge is 2.21. The van der Waals surface area contributed by atoms with E-state index < -0.39 is 18.1 Å². The zero-order chi connectivity index (χ0) is 15.4. The van der Waals surface area contributed by atoms with Crippen LogP contribution < -0.4 is 5.32 Å². The van der Waals surface area contributed by atoms with Gasteiger partial charge in [0.1, 0.15) is 11.8 Å². The van der Waals surface area contributed by atoms with Crippen LogP contribution in [0.3, 0.4) is 0 Å². The van der Waals surface area contributed by atoms with Gasteiger partial charge in [-0.3, -0.25) is 14.5 Å². The Balaban J connectivity index is 1.96. The van der Waals surface area contributed by atoms with Gasteiger partial charge in [0.2, 0.25) is 5.91 Å². The predicted octanol–water partition coefficient (Wildman–Crippen LogP) is 0.301. The number of amides is 1. The SMILES string of the molecule is CC(NC(=O)C(O)Cc1ccccn1)c1nn(C)cc1O.